The van der Waals surface area contributed by atoms with Gasteiger partial charge in [-0.2, -0.15) is 5.10 Å². The minimum atomic E-state index is 0.0418. The fraction of sp³-hybridized carbons (Fsp3) is 0.308. The number of hydrogen-bond acceptors (Lipinski definition) is 5. The van der Waals surface area contributed by atoms with Crippen LogP contribution in [0.5, 0.6) is 0 Å². The van der Waals surface area contributed by atoms with E-state index < -0.39 is 0 Å². The predicted octanol–water partition coefficient (Wildman–Crippen LogP) is 3.80. The zero-order valence-corrected chi connectivity index (χ0v) is 18.3. The van der Waals surface area contributed by atoms with E-state index in [9.17, 15) is 4.79 Å². The van der Waals surface area contributed by atoms with Crippen LogP contribution in [0.25, 0.3) is 28.2 Å². The SMILES string of the molecule is N[C@H]1CC[C@@H]2CCCN(C(=O)c3ccnc(-c4cnn5ccc(-c6ccccc6)nc45)c3)[C@@H]21. The van der Waals surface area contributed by atoms with Crippen LogP contribution in [0, 0.1) is 5.92 Å². The van der Waals surface area contributed by atoms with E-state index in [0.29, 0.717) is 22.8 Å². The van der Waals surface area contributed by atoms with Crippen LogP contribution < -0.4 is 5.73 Å². The Morgan fingerprint density at radius 2 is 1.91 bits per heavy atom. The molecule has 0 unspecified atom stereocenters. The first kappa shape index (κ1) is 20.1. The summed E-state index contributed by atoms with van der Waals surface area (Å²) < 4.78 is 1.74. The highest BCUT2D eigenvalue weighted by Crippen LogP contribution is 2.37. The molecule has 4 heterocycles. The second-order valence-electron chi connectivity index (χ2n) is 9.07. The summed E-state index contributed by atoms with van der Waals surface area (Å²) in [6.07, 6.45) is 9.69. The van der Waals surface area contributed by atoms with Crippen LogP contribution in [-0.2, 0) is 0 Å². The van der Waals surface area contributed by atoms with E-state index in [1.54, 1.807) is 23.0 Å². The molecule has 1 saturated carbocycles. The predicted molar refractivity (Wildman–Crippen MR) is 126 cm³/mol. The summed E-state index contributed by atoms with van der Waals surface area (Å²) in [4.78, 5) is 24.9. The lowest BCUT2D eigenvalue weighted by atomic mass is 9.90. The van der Waals surface area contributed by atoms with Gasteiger partial charge in [0.2, 0.25) is 0 Å². The molecule has 166 valence electrons. The minimum Gasteiger partial charge on any atom is -0.334 e. The lowest BCUT2D eigenvalue weighted by Crippen LogP contribution is -2.53. The van der Waals surface area contributed by atoms with E-state index >= 15 is 0 Å². The van der Waals surface area contributed by atoms with Gasteiger partial charge in [-0.05, 0) is 49.8 Å². The van der Waals surface area contributed by atoms with Crippen molar-refractivity contribution in [3.8, 4) is 22.5 Å². The Balaban J connectivity index is 1.36. The van der Waals surface area contributed by atoms with Gasteiger partial charge in [-0.3, -0.25) is 9.78 Å². The Hall–Kier alpha value is -3.58. The molecule has 1 saturated heterocycles. The third kappa shape index (κ3) is 3.49. The fourth-order valence-electron chi connectivity index (χ4n) is 5.50. The second-order valence-corrected chi connectivity index (χ2v) is 9.07. The highest BCUT2D eigenvalue weighted by molar-refractivity contribution is 5.96. The maximum atomic E-state index is 13.5. The molecule has 2 aliphatic rings. The molecule has 1 amide bonds. The molecule has 3 aromatic heterocycles. The van der Waals surface area contributed by atoms with Crippen LogP contribution in [0.3, 0.4) is 0 Å². The number of nitrogens with two attached hydrogens (primary N) is 1. The van der Waals surface area contributed by atoms with Crippen molar-refractivity contribution in [2.45, 2.75) is 37.8 Å². The van der Waals surface area contributed by atoms with Crippen LogP contribution in [-0.4, -0.2) is 49.0 Å². The van der Waals surface area contributed by atoms with Crippen LogP contribution in [0.15, 0.2) is 67.1 Å². The number of rotatable bonds is 3. The zero-order valence-electron chi connectivity index (χ0n) is 18.3. The smallest absolute Gasteiger partial charge is 0.254 e. The summed E-state index contributed by atoms with van der Waals surface area (Å²) in [5, 5.41) is 4.45. The van der Waals surface area contributed by atoms with Crippen molar-refractivity contribution in [3.63, 3.8) is 0 Å². The van der Waals surface area contributed by atoms with Crippen molar-refractivity contribution >= 4 is 11.6 Å². The monoisotopic (exact) mass is 438 g/mol. The van der Waals surface area contributed by atoms with Crippen LogP contribution in [0.2, 0.25) is 0 Å². The van der Waals surface area contributed by atoms with Gasteiger partial charge in [-0.15, -0.1) is 0 Å². The largest absolute Gasteiger partial charge is 0.334 e. The molecule has 2 N–H and O–H groups in total. The van der Waals surface area contributed by atoms with E-state index in [1.807, 2.05) is 53.6 Å². The van der Waals surface area contributed by atoms with Gasteiger partial charge in [0.15, 0.2) is 5.65 Å². The van der Waals surface area contributed by atoms with Gasteiger partial charge < -0.3 is 10.6 Å². The lowest BCUT2D eigenvalue weighted by molar-refractivity contribution is 0.0524. The second kappa shape index (κ2) is 8.08. The Kier molecular flexibility index (Phi) is 4.91. The minimum absolute atomic E-state index is 0.0418. The Morgan fingerprint density at radius 3 is 2.79 bits per heavy atom. The number of aromatic nitrogens is 4. The third-order valence-corrected chi connectivity index (χ3v) is 7.11. The third-order valence-electron chi connectivity index (χ3n) is 7.11. The maximum Gasteiger partial charge on any atom is 0.254 e. The number of piperidine rings is 1. The van der Waals surface area contributed by atoms with E-state index in [1.165, 1.54) is 6.42 Å². The summed E-state index contributed by atoms with van der Waals surface area (Å²) >= 11 is 0. The van der Waals surface area contributed by atoms with Gasteiger partial charge >= 0.3 is 0 Å². The summed E-state index contributed by atoms with van der Waals surface area (Å²) in [6.45, 7) is 0.768. The molecule has 7 nitrogen and oxygen atoms in total. The molecule has 1 aliphatic heterocycles. The standard InChI is InChI=1S/C26H26N6O/c27-21-9-8-18-7-4-13-31(24(18)21)26(33)19-10-12-28-23(15-19)20-16-29-32-14-11-22(30-25(20)32)17-5-2-1-3-6-17/h1-3,5-6,10-12,14-16,18,21,24H,4,7-9,13,27H2/t18-,21-,24-/m0/s1. The number of hydrogen-bond donors (Lipinski definition) is 1. The van der Waals surface area contributed by atoms with Gasteiger partial charge in [0.1, 0.15) is 0 Å². The molecule has 7 heteroatoms. The van der Waals surface area contributed by atoms with Crippen molar-refractivity contribution in [2.24, 2.45) is 11.7 Å². The average Bonchev–Trinajstić information content (AvgIpc) is 3.47. The molecule has 2 fully saturated rings. The summed E-state index contributed by atoms with van der Waals surface area (Å²) in [7, 11) is 0. The highest BCUT2D eigenvalue weighted by atomic mass is 16.2. The molecule has 0 radical (unpaired) electrons. The van der Waals surface area contributed by atoms with Crippen molar-refractivity contribution in [2.75, 3.05) is 6.54 Å². The van der Waals surface area contributed by atoms with Gasteiger partial charge in [0, 0.05) is 42.1 Å². The molecule has 3 atom stereocenters. The molecular weight excluding hydrogens is 412 g/mol. The van der Waals surface area contributed by atoms with Crippen LogP contribution in [0.1, 0.15) is 36.0 Å². The van der Waals surface area contributed by atoms with Crippen molar-refractivity contribution in [1.29, 1.82) is 0 Å². The molecule has 4 aromatic rings. The van der Waals surface area contributed by atoms with Crippen LogP contribution >= 0.6 is 0 Å². The van der Waals surface area contributed by atoms with Gasteiger partial charge in [0.25, 0.3) is 5.91 Å². The molecule has 0 spiro atoms. The molecule has 0 bridgehead atoms. The van der Waals surface area contributed by atoms with E-state index in [0.717, 1.165) is 42.6 Å². The Labute approximate surface area is 192 Å². The maximum absolute atomic E-state index is 13.5. The quantitative estimate of drug-likeness (QED) is 0.526. The topological polar surface area (TPSA) is 89.4 Å². The van der Waals surface area contributed by atoms with Crippen molar-refractivity contribution in [1.82, 2.24) is 24.5 Å². The summed E-state index contributed by atoms with van der Waals surface area (Å²) in [5.74, 6) is 0.569. The van der Waals surface area contributed by atoms with E-state index in [4.69, 9.17) is 10.7 Å². The number of likely N-dealkylation sites (tertiary alicyclic amines) is 1. The Morgan fingerprint density at radius 1 is 1.03 bits per heavy atom. The number of benzene rings is 1. The van der Waals surface area contributed by atoms with Crippen molar-refractivity contribution in [3.05, 3.63) is 72.7 Å². The average molecular weight is 439 g/mol. The number of carbonyl (C=O) groups is 1. The molecular formula is C26H26N6O. The van der Waals surface area contributed by atoms with E-state index in [-0.39, 0.29) is 18.0 Å². The number of carbonyl (C=O) groups excluding carboxylic acids is 1. The summed E-state index contributed by atoms with van der Waals surface area (Å²) in [5.41, 5.74) is 11.2. The molecule has 33 heavy (non-hydrogen) atoms. The first-order chi connectivity index (χ1) is 16.2. The number of amides is 1. The van der Waals surface area contributed by atoms with Gasteiger partial charge in [0.05, 0.1) is 23.1 Å². The number of pyridine rings is 1. The first-order valence-electron chi connectivity index (χ1n) is 11.6. The summed E-state index contributed by atoms with van der Waals surface area (Å²) in [6, 6.07) is 15.9. The number of fused-ring (bicyclic) bond motifs is 2. The fourth-order valence-corrected chi connectivity index (χ4v) is 5.50. The number of nitrogens with zero attached hydrogens (tertiary/aromatic N) is 5. The molecule has 1 aromatic carbocycles. The molecule has 1 aliphatic carbocycles. The van der Waals surface area contributed by atoms with Gasteiger partial charge in [-0.1, -0.05) is 30.3 Å². The lowest BCUT2D eigenvalue weighted by Gasteiger charge is -2.39. The normalized spacial score (nSPS) is 22.5. The van der Waals surface area contributed by atoms with Crippen molar-refractivity contribution < 1.29 is 4.79 Å². The zero-order chi connectivity index (χ0) is 22.4. The van der Waals surface area contributed by atoms with E-state index in [2.05, 4.69) is 10.1 Å². The highest BCUT2D eigenvalue weighted by Gasteiger charge is 2.42. The van der Waals surface area contributed by atoms with Gasteiger partial charge in [-0.25, -0.2) is 9.50 Å². The first-order valence-corrected chi connectivity index (χ1v) is 11.6. The van der Waals surface area contributed by atoms with Crippen LogP contribution in [0.4, 0.5) is 0 Å². The Bertz CT molecular complexity index is 1310. The molecule has 6 rings (SSSR count).